The number of fused-ring (bicyclic) bond motifs is 1. The molecule has 1 aliphatic rings. The fraction of sp³-hybridized carbons (Fsp3) is 0.286. The van der Waals surface area contributed by atoms with Gasteiger partial charge < -0.3 is 10.7 Å². The van der Waals surface area contributed by atoms with E-state index >= 15 is 0 Å². The Morgan fingerprint density at radius 2 is 1.68 bits per heavy atom. The lowest BCUT2D eigenvalue weighted by molar-refractivity contribution is 0.100. The van der Waals surface area contributed by atoms with Gasteiger partial charge >= 0.3 is 0 Å². The van der Waals surface area contributed by atoms with Crippen LogP contribution < -0.4 is 10.7 Å². The van der Waals surface area contributed by atoms with Gasteiger partial charge in [-0.1, -0.05) is 48.5 Å². The second kappa shape index (κ2) is 6.63. The summed E-state index contributed by atoms with van der Waals surface area (Å²) in [5, 5.41) is 3.26. The van der Waals surface area contributed by atoms with Gasteiger partial charge in [-0.15, -0.1) is 0 Å². The van der Waals surface area contributed by atoms with Crippen molar-refractivity contribution in [1.82, 2.24) is 4.68 Å². The summed E-state index contributed by atoms with van der Waals surface area (Å²) in [7, 11) is 0. The molecule has 0 saturated carbocycles. The van der Waals surface area contributed by atoms with E-state index in [-0.39, 0.29) is 5.91 Å². The molecule has 0 spiro atoms. The Morgan fingerprint density at radius 3 is 2.40 bits per heavy atom. The third-order valence-electron chi connectivity index (χ3n) is 5.22. The largest absolute Gasteiger partial charge is 0.366 e. The van der Waals surface area contributed by atoms with E-state index in [9.17, 15) is 4.79 Å². The van der Waals surface area contributed by atoms with Crippen molar-refractivity contribution in [3.8, 4) is 0 Å². The molecule has 1 amide bonds. The number of para-hydroxylation sites is 1. The molecule has 2 heterocycles. The van der Waals surface area contributed by atoms with Crippen molar-refractivity contribution < 1.29 is 4.79 Å². The molecule has 25 heavy (non-hydrogen) atoms. The standard InChI is InChI=1S/C21H23N3O/c22-21(25)19-15-24(20-9-5-4-8-18(19)20)23-12-10-17(11-13-23)14-16-6-2-1-3-7-16/h1-9,15,17H,10-14H2,(H2,22,25). The van der Waals surface area contributed by atoms with Gasteiger partial charge in [0.2, 0.25) is 0 Å². The second-order valence-corrected chi connectivity index (χ2v) is 6.86. The average Bonchev–Trinajstić information content (AvgIpc) is 3.03. The number of rotatable bonds is 4. The van der Waals surface area contributed by atoms with Crippen molar-refractivity contribution in [2.45, 2.75) is 19.3 Å². The lowest BCUT2D eigenvalue weighted by Crippen LogP contribution is -2.41. The van der Waals surface area contributed by atoms with Gasteiger partial charge in [0.1, 0.15) is 0 Å². The fourth-order valence-electron chi connectivity index (χ4n) is 3.88. The predicted octanol–water partition coefficient (Wildman–Crippen LogP) is 3.33. The maximum Gasteiger partial charge on any atom is 0.250 e. The van der Waals surface area contributed by atoms with E-state index in [1.807, 2.05) is 24.4 Å². The van der Waals surface area contributed by atoms with Gasteiger partial charge in [0.05, 0.1) is 11.1 Å². The predicted molar refractivity (Wildman–Crippen MR) is 101 cm³/mol. The zero-order valence-corrected chi connectivity index (χ0v) is 14.3. The highest BCUT2D eigenvalue weighted by Crippen LogP contribution is 2.25. The lowest BCUT2D eigenvalue weighted by atomic mass is 9.91. The van der Waals surface area contributed by atoms with Crippen LogP contribution in [0.5, 0.6) is 0 Å². The van der Waals surface area contributed by atoms with Gasteiger partial charge in [-0.05, 0) is 36.8 Å². The van der Waals surface area contributed by atoms with Gasteiger partial charge in [0.15, 0.2) is 0 Å². The van der Waals surface area contributed by atoms with Crippen molar-refractivity contribution in [2.75, 3.05) is 18.1 Å². The van der Waals surface area contributed by atoms with Crippen LogP contribution in [0.1, 0.15) is 28.8 Å². The summed E-state index contributed by atoms with van der Waals surface area (Å²) >= 11 is 0. The first kappa shape index (κ1) is 15.8. The normalized spacial score (nSPS) is 15.6. The Bertz CT molecular complexity index is 877. The van der Waals surface area contributed by atoms with Gasteiger partial charge in [-0.2, -0.15) is 0 Å². The summed E-state index contributed by atoms with van der Waals surface area (Å²) in [4.78, 5) is 11.8. The van der Waals surface area contributed by atoms with Crippen molar-refractivity contribution in [3.63, 3.8) is 0 Å². The van der Waals surface area contributed by atoms with Gasteiger partial charge in [0, 0.05) is 24.7 Å². The summed E-state index contributed by atoms with van der Waals surface area (Å²) in [6, 6.07) is 18.7. The third-order valence-corrected chi connectivity index (χ3v) is 5.22. The minimum absolute atomic E-state index is 0.367. The lowest BCUT2D eigenvalue weighted by Gasteiger charge is -2.34. The van der Waals surface area contributed by atoms with Crippen LogP contribution in [0.25, 0.3) is 10.9 Å². The van der Waals surface area contributed by atoms with Crippen molar-refractivity contribution in [2.24, 2.45) is 11.7 Å². The van der Waals surface area contributed by atoms with Crippen molar-refractivity contribution in [1.29, 1.82) is 0 Å². The van der Waals surface area contributed by atoms with E-state index in [1.165, 1.54) is 5.56 Å². The first-order valence-corrected chi connectivity index (χ1v) is 8.91. The highest BCUT2D eigenvalue weighted by molar-refractivity contribution is 6.06. The molecule has 0 atom stereocenters. The van der Waals surface area contributed by atoms with Crippen LogP contribution in [0, 0.1) is 5.92 Å². The molecule has 1 aliphatic heterocycles. The zero-order valence-electron chi connectivity index (χ0n) is 14.3. The molecule has 0 bridgehead atoms. The van der Waals surface area contributed by atoms with E-state index in [0.29, 0.717) is 5.56 Å². The number of benzene rings is 2. The SMILES string of the molecule is NC(=O)c1cn(N2CCC(Cc3ccccc3)CC2)c2ccccc12. The average molecular weight is 333 g/mol. The Morgan fingerprint density at radius 1 is 1.00 bits per heavy atom. The quantitative estimate of drug-likeness (QED) is 0.796. The molecular formula is C21H23N3O. The molecule has 128 valence electrons. The molecule has 1 saturated heterocycles. The van der Waals surface area contributed by atoms with Crippen LogP contribution in [0.3, 0.4) is 0 Å². The number of carbonyl (C=O) groups is 1. The van der Waals surface area contributed by atoms with Gasteiger partial charge in [-0.3, -0.25) is 9.47 Å². The van der Waals surface area contributed by atoms with Crippen molar-refractivity contribution in [3.05, 3.63) is 71.9 Å². The number of piperidine rings is 1. The van der Waals surface area contributed by atoms with E-state index in [4.69, 9.17) is 5.73 Å². The molecule has 4 rings (SSSR count). The summed E-state index contributed by atoms with van der Waals surface area (Å²) < 4.78 is 2.12. The molecule has 4 heteroatoms. The number of aromatic nitrogens is 1. The summed E-state index contributed by atoms with van der Waals surface area (Å²) in [6.07, 6.45) is 5.36. The number of carbonyl (C=O) groups excluding carboxylic acids is 1. The molecule has 3 aromatic rings. The molecule has 0 aliphatic carbocycles. The van der Waals surface area contributed by atoms with E-state index in [1.54, 1.807) is 0 Å². The molecule has 2 N–H and O–H groups in total. The maximum absolute atomic E-state index is 11.8. The first-order chi connectivity index (χ1) is 12.2. The first-order valence-electron chi connectivity index (χ1n) is 8.91. The van der Waals surface area contributed by atoms with Crippen molar-refractivity contribution >= 4 is 16.8 Å². The van der Waals surface area contributed by atoms with Crippen LogP contribution >= 0.6 is 0 Å². The summed E-state index contributed by atoms with van der Waals surface area (Å²) in [5.41, 5.74) is 8.63. The van der Waals surface area contributed by atoms with Gasteiger partial charge in [0.25, 0.3) is 5.91 Å². The third kappa shape index (κ3) is 3.12. The summed E-state index contributed by atoms with van der Waals surface area (Å²) in [5.74, 6) is 0.352. The van der Waals surface area contributed by atoms with E-state index in [0.717, 1.165) is 49.2 Å². The summed E-state index contributed by atoms with van der Waals surface area (Å²) in [6.45, 7) is 1.99. The Kier molecular flexibility index (Phi) is 4.18. The molecule has 4 nitrogen and oxygen atoms in total. The number of amides is 1. The minimum Gasteiger partial charge on any atom is -0.366 e. The highest BCUT2D eigenvalue weighted by Gasteiger charge is 2.22. The van der Waals surface area contributed by atoms with Gasteiger partial charge in [-0.25, -0.2) is 0 Å². The van der Waals surface area contributed by atoms with Crippen LogP contribution in [0.2, 0.25) is 0 Å². The molecule has 1 fully saturated rings. The zero-order chi connectivity index (χ0) is 17.2. The topological polar surface area (TPSA) is 51.3 Å². The molecule has 0 unspecified atom stereocenters. The number of hydrogen-bond acceptors (Lipinski definition) is 2. The second-order valence-electron chi connectivity index (χ2n) is 6.86. The van der Waals surface area contributed by atoms with Crippen LogP contribution in [0.15, 0.2) is 60.8 Å². The van der Waals surface area contributed by atoms with Crippen LogP contribution in [-0.4, -0.2) is 23.7 Å². The molecular weight excluding hydrogens is 310 g/mol. The monoisotopic (exact) mass is 333 g/mol. The van der Waals surface area contributed by atoms with E-state index in [2.05, 4.69) is 46.1 Å². The smallest absolute Gasteiger partial charge is 0.250 e. The van der Waals surface area contributed by atoms with Crippen LogP contribution in [-0.2, 0) is 6.42 Å². The van der Waals surface area contributed by atoms with E-state index < -0.39 is 0 Å². The number of nitrogens with two attached hydrogens (primary N) is 1. The minimum atomic E-state index is -0.367. The van der Waals surface area contributed by atoms with Crippen LogP contribution in [0.4, 0.5) is 0 Å². The Labute approximate surface area is 147 Å². The Balaban J connectivity index is 1.51. The molecule has 1 aromatic heterocycles. The number of nitrogens with zero attached hydrogens (tertiary/aromatic N) is 2. The highest BCUT2D eigenvalue weighted by atomic mass is 16.1. The Hall–Kier alpha value is -2.75. The fourth-order valence-corrected chi connectivity index (χ4v) is 3.88. The maximum atomic E-state index is 11.8. The number of hydrogen-bond donors (Lipinski definition) is 1. The molecule has 0 radical (unpaired) electrons. The number of primary amides is 1. The molecule has 2 aromatic carbocycles.